The Labute approximate surface area is 230 Å². The summed E-state index contributed by atoms with van der Waals surface area (Å²) in [7, 11) is 2.98. The average molecular weight is 539 g/mol. The highest BCUT2D eigenvalue weighted by molar-refractivity contribution is 8.18. The Morgan fingerprint density at radius 3 is 2.46 bits per heavy atom. The van der Waals surface area contributed by atoms with Crippen molar-refractivity contribution in [2.75, 3.05) is 14.2 Å². The number of nitrogens with zero attached hydrogens (tertiary/aromatic N) is 2. The molecule has 196 valence electrons. The van der Waals surface area contributed by atoms with Gasteiger partial charge in [0.25, 0.3) is 5.91 Å². The quantitative estimate of drug-likeness (QED) is 0.189. The maximum absolute atomic E-state index is 13.5. The number of amides is 1. The third-order valence-electron chi connectivity index (χ3n) is 6.18. The van der Waals surface area contributed by atoms with Crippen molar-refractivity contribution in [2.45, 2.75) is 13.5 Å². The highest BCUT2D eigenvalue weighted by Crippen LogP contribution is 2.36. The summed E-state index contributed by atoms with van der Waals surface area (Å²) in [5, 5.41) is 0.592. The lowest BCUT2D eigenvalue weighted by Crippen LogP contribution is -2.28. The fourth-order valence-corrected chi connectivity index (χ4v) is 5.12. The van der Waals surface area contributed by atoms with Crippen molar-refractivity contribution in [3.63, 3.8) is 0 Å². The van der Waals surface area contributed by atoms with Gasteiger partial charge in [-0.15, -0.1) is 0 Å². The monoisotopic (exact) mass is 538 g/mol. The van der Waals surface area contributed by atoms with Crippen molar-refractivity contribution in [1.29, 1.82) is 0 Å². The number of thioether (sulfide) groups is 1. The predicted octanol–water partition coefficient (Wildman–Crippen LogP) is 6.85. The van der Waals surface area contributed by atoms with Gasteiger partial charge in [0.05, 0.1) is 36.9 Å². The standard InChI is InChI=1S/C31H26N2O5S/c1-20-17-22(30(35)37-3)11-15-26(20)27-16-14-25(38-27)18-28-29(34)33(19-21-9-12-24(36-2)13-10-21)31(39-28)32-23-7-5-4-6-8-23/h4-18H,19H2,1-3H3/b28-18-,32-31?. The zero-order valence-corrected chi connectivity index (χ0v) is 22.5. The summed E-state index contributed by atoms with van der Waals surface area (Å²) in [6.45, 7) is 2.27. The van der Waals surface area contributed by atoms with Crippen molar-refractivity contribution in [3.8, 4) is 17.1 Å². The fraction of sp³-hybridized carbons (Fsp3) is 0.129. The van der Waals surface area contributed by atoms with Crippen LogP contribution in [0.4, 0.5) is 5.69 Å². The smallest absolute Gasteiger partial charge is 0.337 e. The van der Waals surface area contributed by atoms with Gasteiger partial charge >= 0.3 is 5.97 Å². The van der Waals surface area contributed by atoms with Crippen molar-refractivity contribution in [3.05, 3.63) is 112 Å². The zero-order chi connectivity index (χ0) is 27.4. The fourth-order valence-electron chi connectivity index (χ4n) is 4.15. The Bertz CT molecular complexity index is 1570. The van der Waals surface area contributed by atoms with Crippen LogP contribution in [0.2, 0.25) is 0 Å². The molecule has 0 atom stereocenters. The molecular weight excluding hydrogens is 512 g/mol. The normalized spacial score (nSPS) is 15.3. The SMILES string of the molecule is COC(=O)c1ccc(-c2ccc(/C=C3\SC(=Nc4ccccc4)N(Cc4ccc(OC)cc4)C3=O)o2)c(C)c1. The van der Waals surface area contributed by atoms with Gasteiger partial charge in [0.15, 0.2) is 5.17 Å². The summed E-state index contributed by atoms with van der Waals surface area (Å²) in [4.78, 5) is 32.3. The zero-order valence-electron chi connectivity index (χ0n) is 21.7. The van der Waals surface area contributed by atoms with E-state index in [0.29, 0.717) is 33.7 Å². The van der Waals surface area contributed by atoms with Crippen LogP contribution in [0, 0.1) is 6.92 Å². The number of amidine groups is 1. The number of aryl methyl sites for hydroxylation is 1. The molecule has 1 aliphatic rings. The molecule has 0 radical (unpaired) electrons. The minimum Gasteiger partial charge on any atom is -0.497 e. The molecule has 0 unspecified atom stereocenters. The summed E-state index contributed by atoms with van der Waals surface area (Å²) >= 11 is 1.31. The second-order valence-electron chi connectivity index (χ2n) is 8.80. The van der Waals surface area contributed by atoms with E-state index >= 15 is 0 Å². The molecule has 0 spiro atoms. The van der Waals surface area contributed by atoms with Crippen molar-refractivity contribution in [1.82, 2.24) is 4.90 Å². The Morgan fingerprint density at radius 1 is 1.00 bits per heavy atom. The average Bonchev–Trinajstić information content (AvgIpc) is 3.53. The number of benzene rings is 3. The summed E-state index contributed by atoms with van der Waals surface area (Å²) in [6.07, 6.45) is 1.74. The van der Waals surface area contributed by atoms with Gasteiger partial charge in [0.1, 0.15) is 17.3 Å². The summed E-state index contributed by atoms with van der Waals surface area (Å²) in [5.41, 5.74) is 3.92. The lowest BCUT2D eigenvalue weighted by Gasteiger charge is -2.16. The lowest BCUT2D eigenvalue weighted by atomic mass is 10.0. The number of ether oxygens (including phenoxy) is 2. The van der Waals surface area contributed by atoms with Crippen LogP contribution in [0.25, 0.3) is 17.4 Å². The van der Waals surface area contributed by atoms with E-state index in [9.17, 15) is 9.59 Å². The van der Waals surface area contributed by atoms with E-state index in [0.717, 1.165) is 28.1 Å². The summed E-state index contributed by atoms with van der Waals surface area (Å²) in [5.74, 6) is 1.39. The largest absolute Gasteiger partial charge is 0.497 e. The Balaban J connectivity index is 1.43. The van der Waals surface area contributed by atoms with Crippen LogP contribution >= 0.6 is 11.8 Å². The van der Waals surface area contributed by atoms with E-state index in [2.05, 4.69) is 0 Å². The van der Waals surface area contributed by atoms with Crippen LogP contribution < -0.4 is 4.74 Å². The molecule has 0 bridgehead atoms. The van der Waals surface area contributed by atoms with Crippen LogP contribution in [-0.2, 0) is 16.1 Å². The Kier molecular flexibility index (Phi) is 7.65. The van der Waals surface area contributed by atoms with E-state index in [-0.39, 0.29) is 5.91 Å². The van der Waals surface area contributed by atoms with Crippen LogP contribution in [-0.4, -0.2) is 36.2 Å². The molecule has 4 aromatic rings. The number of rotatable bonds is 7. The molecule has 1 saturated heterocycles. The molecule has 7 nitrogen and oxygen atoms in total. The third-order valence-corrected chi connectivity index (χ3v) is 7.19. The second-order valence-corrected chi connectivity index (χ2v) is 9.81. The molecule has 1 aliphatic heterocycles. The minimum atomic E-state index is -0.390. The molecule has 0 saturated carbocycles. The van der Waals surface area contributed by atoms with Gasteiger partial charge in [-0.1, -0.05) is 36.4 Å². The molecule has 5 rings (SSSR count). The van der Waals surface area contributed by atoms with E-state index in [1.54, 1.807) is 30.2 Å². The summed E-state index contributed by atoms with van der Waals surface area (Å²) in [6, 6.07) is 26.1. The molecule has 39 heavy (non-hydrogen) atoms. The summed E-state index contributed by atoms with van der Waals surface area (Å²) < 4.78 is 16.2. The van der Waals surface area contributed by atoms with Crippen molar-refractivity contribution in [2.24, 2.45) is 4.99 Å². The lowest BCUT2D eigenvalue weighted by molar-refractivity contribution is -0.122. The molecule has 3 aromatic carbocycles. The van der Waals surface area contributed by atoms with Gasteiger partial charge in [0, 0.05) is 11.6 Å². The highest BCUT2D eigenvalue weighted by atomic mass is 32.2. The predicted molar refractivity (Wildman–Crippen MR) is 153 cm³/mol. The molecule has 1 aromatic heterocycles. The van der Waals surface area contributed by atoms with Crippen LogP contribution in [0.3, 0.4) is 0 Å². The number of aliphatic imine (C=N–C) groups is 1. The third kappa shape index (κ3) is 5.81. The maximum atomic E-state index is 13.5. The van der Waals surface area contributed by atoms with Crippen LogP contribution in [0.15, 0.2) is 99.2 Å². The van der Waals surface area contributed by atoms with E-state index < -0.39 is 5.97 Å². The number of para-hydroxylation sites is 1. The van der Waals surface area contributed by atoms with Gasteiger partial charge in [0.2, 0.25) is 0 Å². The molecule has 1 amide bonds. The number of hydrogen-bond acceptors (Lipinski definition) is 7. The van der Waals surface area contributed by atoms with Crippen LogP contribution in [0.5, 0.6) is 5.75 Å². The first kappa shape index (κ1) is 26.1. The number of furan rings is 1. The van der Waals surface area contributed by atoms with E-state index in [1.807, 2.05) is 79.7 Å². The van der Waals surface area contributed by atoms with Gasteiger partial charge in [-0.05, 0) is 78.3 Å². The Hall–Kier alpha value is -4.56. The first-order valence-corrected chi connectivity index (χ1v) is 13.0. The highest BCUT2D eigenvalue weighted by Gasteiger charge is 2.34. The van der Waals surface area contributed by atoms with Gasteiger partial charge < -0.3 is 13.9 Å². The van der Waals surface area contributed by atoms with Gasteiger partial charge in [-0.3, -0.25) is 9.69 Å². The van der Waals surface area contributed by atoms with Gasteiger partial charge in [-0.2, -0.15) is 0 Å². The number of carbonyl (C=O) groups is 2. The van der Waals surface area contributed by atoms with Crippen molar-refractivity contribution >= 4 is 40.6 Å². The number of esters is 1. The molecule has 2 heterocycles. The van der Waals surface area contributed by atoms with E-state index in [4.69, 9.17) is 18.9 Å². The van der Waals surface area contributed by atoms with Gasteiger partial charge in [-0.25, -0.2) is 9.79 Å². The second kappa shape index (κ2) is 11.4. The molecule has 0 aliphatic carbocycles. The minimum absolute atomic E-state index is 0.151. The number of methoxy groups -OCH3 is 2. The number of carbonyl (C=O) groups excluding carboxylic acids is 2. The molecular formula is C31H26N2O5S. The first-order chi connectivity index (χ1) is 18.9. The number of hydrogen-bond donors (Lipinski definition) is 0. The van der Waals surface area contributed by atoms with E-state index in [1.165, 1.54) is 18.9 Å². The topological polar surface area (TPSA) is 81.3 Å². The van der Waals surface area contributed by atoms with Crippen molar-refractivity contribution < 1.29 is 23.5 Å². The Morgan fingerprint density at radius 2 is 1.77 bits per heavy atom. The van der Waals surface area contributed by atoms with Crippen LogP contribution in [0.1, 0.15) is 27.2 Å². The molecule has 1 fully saturated rings. The first-order valence-electron chi connectivity index (χ1n) is 12.2. The maximum Gasteiger partial charge on any atom is 0.337 e. The molecule has 8 heteroatoms. The molecule has 0 N–H and O–H groups in total.